The van der Waals surface area contributed by atoms with Crippen LogP contribution in [0.3, 0.4) is 0 Å². The van der Waals surface area contributed by atoms with E-state index in [4.69, 9.17) is 5.73 Å². The molecule has 1 aliphatic carbocycles. The highest BCUT2D eigenvalue weighted by Gasteiger charge is 2.39. The zero-order valence-electron chi connectivity index (χ0n) is 13.9. The Labute approximate surface area is 145 Å². The molecule has 5 rings (SSSR count). The number of anilines is 1. The van der Waals surface area contributed by atoms with Gasteiger partial charge in [-0.2, -0.15) is 0 Å². The van der Waals surface area contributed by atoms with Gasteiger partial charge in [-0.05, 0) is 48.1 Å². The van der Waals surface area contributed by atoms with Crippen molar-refractivity contribution >= 4 is 11.6 Å². The Bertz CT molecular complexity index is 883. The van der Waals surface area contributed by atoms with E-state index in [0.29, 0.717) is 29.6 Å². The predicted molar refractivity (Wildman–Crippen MR) is 95.3 cm³/mol. The molecule has 3 N–H and O–H groups in total. The van der Waals surface area contributed by atoms with Crippen LogP contribution >= 0.6 is 0 Å². The number of carbonyl (C=O) groups excluding carboxylic acids is 1. The lowest BCUT2D eigenvalue weighted by Crippen LogP contribution is -2.31. The van der Waals surface area contributed by atoms with E-state index >= 15 is 4.39 Å². The van der Waals surface area contributed by atoms with Gasteiger partial charge in [0, 0.05) is 30.3 Å². The molecule has 128 valence electrons. The van der Waals surface area contributed by atoms with Crippen molar-refractivity contribution in [3.05, 3.63) is 52.8 Å². The minimum Gasteiger partial charge on any atom is -0.367 e. The monoisotopic (exact) mass is 337 g/mol. The lowest BCUT2D eigenvalue weighted by Gasteiger charge is -2.24. The predicted octanol–water partition coefficient (Wildman–Crippen LogP) is 2.29. The molecule has 0 saturated carbocycles. The number of hydrogen-bond acceptors (Lipinski definition) is 3. The van der Waals surface area contributed by atoms with E-state index in [0.717, 1.165) is 48.3 Å². The molecule has 4 nitrogen and oxygen atoms in total. The quantitative estimate of drug-likeness (QED) is 0.754. The number of nitrogens with zero attached hydrogens (tertiary/aromatic N) is 1. The largest absolute Gasteiger partial charge is 0.367 e. The Morgan fingerprint density at radius 2 is 2.12 bits per heavy atom. The fourth-order valence-corrected chi connectivity index (χ4v) is 4.82. The third-order valence-electron chi connectivity index (χ3n) is 5.96. The van der Waals surface area contributed by atoms with Crippen LogP contribution in [-0.4, -0.2) is 31.6 Å². The van der Waals surface area contributed by atoms with E-state index in [2.05, 4.69) is 10.2 Å². The molecule has 25 heavy (non-hydrogen) atoms. The Hall–Kier alpha value is -2.40. The van der Waals surface area contributed by atoms with Crippen molar-refractivity contribution < 1.29 is 9.18 Å². The van der Waals surface area contributed by atoms with E-state index in [9.17, 15) is 4.79 Å². The van der Waals surface area contributed by atoms with Gasteiger partial charge in [0.1, 0.15) is 5.82 Å². The zero-order chi connectivity index (χ0) is 17.1. The van der Waals surface area contributed by atoms with Gasteiger partial charge in [0.15, 0.2) is 0 Å². The number of halogens is 1. The van der Waals surface area contributed by atoms with E-state index in [1.54, 1.807) is 0 Å². The van der Waals surface area contributed by atoms with Gasteiger partial charge in [-0.25, -0.2) is 4.39 Å². The van der Waals surface area contributed by atoms with Crippen LogP contribution in [-0.2, 0) is 6.42 Å². The number of rotatable bonds is 2. The fourth-order valence-electron chi connectivity index (χ4n) is 4.82. The number of carbonyl (C=O) groups is 1. The highest BCUT2D eigenvalue weighted by molar-refractivity contribution is 6.01. The van der Waals surface area contributed by atoms with Gasteiger partial charge >= 0.3 is 0 Å². The van der Waals surface area contributed by atoms with Crippen LogP contribution in [0.2, 0.25) is 0 Å². The van der Waals surface area contributed by atoms with E-state index < -0.39 is 5.91 Å². The Kier molecular flexibility index (Phi) is 3.16. The van der Waals surface area contributed by atoms with Crippen LogP contribution < -0.4 is 16.0 Å². The third-order valence-corrected chi connectivity index (χ3v) is 5.96. The maximum atomic E-state index is 15.1. The second-order valence-corrected chi connectivity index (χ2v) is 7.32. The van der Waals surface area contributed by atoms with Crippen LogP contribution in [0.5, 0.6) is 0 Å². The molecule has 0 aromatic heterocycles. The molecule has 2 aliphatic heterocycles. The molecule has 0 radical (unpaired) electrons. The van der Waals surface area contributed by atoms with Crippen molar-refractivity contribution in [2.45, 2.75) is 18.9 Å². The summed E-state index contributed by atoms with van der Waals surface area (Å²) in [7, 11) is 0. The number of nitrogens with one attached hydrogen (secondary N) is 1. The standard InChI is InChI=1S/C20H20FN3O/c21-16-8-15(20(22)25)14-7-11-3-1-2-4-13(11)18(14)19(16)24-9-12-5-6-23-17(12)10-24/h1-4,8,12,17,23H,5-7,9-10H2,(H2,22,25). The minimum absolute atomic E-state index is 0.310. The normalized spacial score (nSPS) is 23.5. The first kappa shape index (κ1) is 14.9. The van der Waals surface area contributed by atoms with E-state index in [1.807, 2.05) is 24.3 Å². The molecule has 2 aromatic carbocycles. The van der Waals surface area contributed by atoms with Crippen LogP contribution in [0.25, 0.3) is 11.1 Å². The molecule has 0 bridgehead atoms. The Morgan fingerprint density at radius 1 is 1.28 bits per heavy atom. The van der Waals surface area contributed by atoms with Gasteiger partial charge in [-0.1, -0.05) is 24.3 Å². The third kappa shape index (κ3) is 2.12. The average Bonchev–Trinajstić information content (AvgIpc) is 3.26. The lowest BCUT2D eigenvalue weighted by molar-refractivity contribution is 0.0999. The number of hydrogen-bond donors (Lipinski definition) is 2. The number of benzene rings is 2. The summed E-state index contributed by atoms with van der Waals surface area (Å²) >= 11 is 0. The first-order valence-corrected chi connectivity index (χ1v) is 8.85. The molecule has 2 saturated heterocycles. The van der Waals surface area contributed by atoms with Gasteiger partial charge in [0.05, 0.1) is 5.69 Å². The molecule has 5 heteroatoms. The van der Waals surface area contributed by atoms with Crippen LogP contribution in [0.1, 0.15) is 27.9 Å². The molecule has 2 heterocycles. The Balaban J connectivity index is 1.70. The molecule has 2 aromatic rings. The molecular formula is C20H20FN3O. The molecule has 2 atom stereocenters. The lowest BCUT2D eigenvalue weighted by atomic mass is 9.97. The fraction of sp³-hybridized carbons (Fsp3) is 0.350. The average molecular weight is 337 g/mol. The number of fused-ring (bicyclic) bond motifs is 4. The summed E-state index contributed by atoms with van der Waals surface area (Å²) in [6, 6.07) is 9.78. The minimum atomic E-state index is -0.561. The summed E-state index contributed by atoms with van der Waals surface area (Å²) in [6.45, 7) is 2.72. The molecule has 2 fully saturated rings. The second kappa shape index (κ2) is 5.30. The molecule has 3 aliphatic rings. The number of amides is 1. The summed E-state index contributed by atoms with van der Waals surface area (Å²) < 4.78 is 15.1. The zero-order valence-corrected chi connectivity index (χ0v) is 13.9. The molecule has 2 unspecified atom stereocenters. The summed E-state index contributed by atoms with van der Waals surface area (Å²) in [6.07, 6.45) is 1.77. The van der Waals surface area contributed by atoms with Crippen molar-refractivity contribution in [1.29, 1.82) is 0 Å². The molecular weight excluding hydrogens is 317 g/mol. The van der Waals surface area contributed by atoms with Gasteiger partial charge < -0.3 is 16.0 Å². The van der Waals surface area contributed by atoms with Crippen molar-refractivity contribution in [2.24, 2.45) is 11.7 Å². The van der Waals surface area contributed by atoms with Gasteiger partial charge in [-0.15, -0.1) is 0 Å². The van der Waals surface area contributed by atoms with Crippen LogP contribution in [0, 0.1) is 11.7 Å². The van der Waals surface area contributed by atoms with E-state index in [1.165, 1.54) is 6.07 Å². The SMILES string of the molecule is NC(=O)c1cc(F)c(N2CC3CCNC3C2)c2c1Cc1ccccc1-2. The van der Waals surface area contributed by atoms with Crippen molar-refractivity contribution in [1.82, 2.24) is 5.32 Å². The first-order chi connectivity index (χ1) is 12.1. The summed E-state index contributed by atoms with van der Waals surface area (Å²) in [5, 5.41) is 3.52. The number of nitrogens with two attached hydrogens (primary N) is 1. The summed E-state index contributed by atoms with van der Waals surface area (Å²) in [5.74, 6) is -0.332. The van der Waals surface area contributed by atoms with Crippen LogP contribution in [0.15, 0.2) is 30.3 Å². The summed E-state index contributed by atoms with van der Waals surface area (Å²) in [5.41, 5.74) is 10.4. The second-order valence-electron chi connectivity index (χ2n) is 7.32. The van der Waals surface area contributed by atoms with Gasteiger partial charge in [0.25, 0.3) is 0 Å². The molecule has 1 amide bonds. The van der Waals surface area contributed by atoms with Gasteiger partial charge in [-0.3, -0.25) is 4.79 Å². The highest BCUT2D eigenvalue weighted by atomic mass is 19.1. The molecule has 0 spiro atoms. The maximum Gasteiger partial charge on any atom is 0.249 e. The van der Waals surface area contributed by atoms with Crippen LogP contribution in [0.4, 0.5) is 10.1 Å². The van der Waals surface area contributed by atoms with Crippen molar-refractivity contribution in [3.63, 3.8) is 0 Å². The maximum absolute atomic E-state index is 15.1. The van der Waals surface area contributed by atoms with Crippen molar-refractivity contribution in [2.75, 3.05) is 24.5 Å². The smallest absolute Gasteiger partial charge is 0.249 e. The highest BCUT2D eigenvalue weighted by Crippen LogP contribution is 2.47. The van der Waals surface area contributed by atoms with Crippen molar-refractivity contribution in [3.8, 4) is 11.1 Å². The Morgan fingerprint density at radius 3 is 2.92 bits per heavy atom. The van der Waals surface area contributed by atoms with Gasteiger partial charge in [0.2, 0.25) is 5.91 Å². The summed E-state index contributed by atoms with van der Waals surface area (Å²) in [4.78, 5) is 14.0. The number of primary amides is 1. The first-order valence-electron chi connectivity index (χ1n) is 8.85. The van der Waals surface area contributed by atoms with E-state index in [-0.39, 0.29) is 5.82 Å². The topological polar surface area (TPSA) is 58.4 Å².